The summed E-state index contributed by atoms with van der Waals surface area (Å²) in [4.78, 5) is 14.8. The van der Waals surface area contributed by atoms with Gasteiger partial charge in [-0.1, -0.05) is 42.3 Å². The molecule has 1 amide bonds. The van der Waals surface area contributed by atoms with Gasteiger partial charge in [-0.05, 0) is 35.6 Å². The van der Waals surface area contributed by atoms with E-state index in [1.54, 1.807) is 0 Å². The van der Waals surface area contributed by atoms with E-state index in [4.69, 9.17) is 11.2 Å². The first-order valence-electron chi connectivity index (χ1n) is 8.08. The van der Waals surface area contributed by atoms with Crippen LogP contribution in [0.4, 0.5) is 0 Å². The second-order valence-corrected chi connectivity index (χ2v) is 5.98. The highest BCUT2D eigenvalue weighted by Crippen LogP contribution is 2.23. The first kappa shape index (κ1) is 15.6. The molecule has 0 spiro atoms. The van der Waals surface area contributed by atoms with Gasteiger partial charge in [-0.2, -0.15) is 0 Å². The SMILES string of the molecule is C#CCOCC1CCN(C(=O)c2cccc3ccccc23)CC1. The first-order chi connectivity index (χ1) is 11.3. The maximum Gasteiger partial charge on any atom is 0.254 e. The van der Waals surface area contributed by atoms with E-state index >= 15 is 0 Å². The molecule has 1 aliphatic rings. The fourth-order valence-electron chi connectivity index (χ4n) is 3.17. The second-order valence-electron chi connectivity index (χ2n) is 5.98. The van der Waals surface area contributed by atoms with Gasteiger partial charge in [0.1, 0.15) is 6.61 Å². The molecule has 1 fully saturated rings. The van der Waals surface area contributed by atoms with Crippen LogP contribution < -0.4 is 0 Å². The average molecular weight is 307 g/mol. The predicted molar refractivity (Wildman–Crippen MR) is 92.2 cm³/mol. The van der Waals surface area contributed by atoms with E-state index in [9.17, 15) is 4.79 Å². The van der Waals surface area contributed by atoms with Gasteiger partial charge < -0.3 is 9.64 Å². The molecule has 2 aromatic rings. The number of hydrogen-bond acceptors (Lipinski definition) is 2. The van der Waals surface area contributed by atoms with Crippen LogP contribution >= 0.6 is 0 Å². The van der Waals surface area contributed by atoms with E-state index in [-0.39, 0.29) is 5.91 Å². The minimum atomic E-state index is 0.129. The molecule has 3 nitrogen and oxygen atoms in total. The van der Waals surface area contributed by atoms with E-state index in [0.717, 1.165) is 42.3 Å². The van der Waals surface area contributed by atoms with Crippen molar-refractivity contribution in [3.8, 4) is 12.3 Å². The molecule has 23 heavy (non-hydrogen) atoms. The van der Waals surface area contributed by atoms with Crippen molar-refractivity contribution in [2.45, 2.75) is 12.8 Å². The van der Waals surface area contributed by atoms with Crippen molar-refractivity contribution < 1.29 is 9.53 Å². The lowest BCUT2D eigenvalue weighted by Gasteiger charge is -2.32. The summed E-state index contributed by atoms with van der Waals surface area (Å²) >= 11 is 0. The van der Waals surface area contributed by atoms with Crippen LogP contribution in [0.25, 0.3) is 10.8 Å². The molecule has 0 unspecified atom stereocenters. The van der Waals surface area contributed by atoms with E-state index in [1.807, 2.05) is 47.4 Å². The molecule has 1 heterocycles. The fourth-order valence-corrected chi connectivity index (χ4v) is 3.17. The number of ether oxygens (including phenoxy) is 1. The number of fused-ring (bicyclic) bond motifs is 1. The van der Waals surface area contributed by atoms with Gasteiger partial charge in [0.05, 0.1) is 6.61 Å². The Morgan fingerprint density at radius 3 is 2.70 bits per heavy atom. The van der Waals surface area contributed by atoms with E-state index in [2.05, 4.69) is 5.92 Å². The van der Waals surface area contributed by atoms with Gasteiger partial charge >= 0.3 is 0 Å². The third kappa shape index (κ3) is 3.55. The Kier molecular flexibility index (Phi) is 4.95. The van der Waals surface area contributed by atoms with Crippen LogP contribution in [0.3, 0.4) is 0 Å². The van der Waals surface area contributed by atoms with Crippen LogP contribution in [0.5, 0.6) is 0 Å². The summed E-state index contributed by atoms with van der Waals surface area (Å²) in [5.74, 6) is 3.12. The highest BCUT2D eigenvalue weighted by Gasteiger charge is 2.24. The number of hydrogen-bond donors (Lipinski definition) is 0. The molecule has 118 valence electrons. The monoisotopic (exact) mass is 307 g/mol. The summed E-state index contributed by atoms with van der Waals surface area (Å²) in [7, 11) is 0. The zero-order chi connectivity index (χ0) is 16.1. The predicted octanol–water partition coefficient (Wildman–Crippen LogP) is 3.34. The van der Waals surface area contributed by atoms with Gasteiger partial charge in [0.25, 0.3) is 5.91 Å². The maximum absolute atomic E-state index is 12.8. The number of likely N-dealkylation sites (tertiary alicyclic amines) is 1. The molecule has 0 saturated carbocycles. The van der Waals surface area contributed by atoms with Crippen molar-refractivity contribution in [2.24, 2.45) is 5.92 Å². The second kappa shape index (κ2) is 7.30. The van der Waals surface area contributed by atoms with Gasteiger partial charge in [0.2, 0.25) is 0 Å². The van der Waals surface area contributed by atoms with Crippen LogP contribution in [-0.2, 0) is 4.74 Å². The van der Waals surface area contributed by atoms with E-state index in [1.165, 1.54) is 0 Å². The number of rotatable bonds is 4. The Balaban J connectivity index is 1.66. The highest BCUT2D eigenvalue weighted by molar-refractivity contribution is 6.07. The van der Waals surface area contributed by atoms with Crippen molar-refractivity contribution in [1.29, 1.82) is 0 Å². The Morgan fingerprint density at radius 1 is 1.17 bits per heavy atom. The Bertz CT molecular complexity index is 718. The van der Waals surface area contributed by atoms with Crippen molar-refractivity contribution >= 4 is 16.7 Å². The molecular formula is C20H21NO2. The van der Waals surface area contributed by atoms with Gasteiger partial charge in [0.15, 0.2) is 0 Å². The molecule has 0 atom stereocenters. The zero-order valence-corrected chi connectivity index (χ0v) is 13.2. The van der Waals surface area contributed by atoms with Crippen LogP contribution in [0.15, 0.2) is 42.5 Å². The number of amides is 1. The lowest BCUT2D eigenvalue weighted by Crippen LogP contribution is -2.39. The van der Waals surface area contributed by atoms with E-state index in [0.29, 0.717) is 19.1 Å². The molecule has 0 N–H and O–H groups in total. The lowest BCUT2D eigenvalue weighted by atomic mass is 9.96. The molecular weight excluding hydrogens is 286 g/mol. The van der Waals surface area contributed by atoms with Gasteiger partial charge in [-0.3, -0.25) is 4.79 Å². The molecule has 1 aliphatic heterocycles. The normalized spacial score (nSPS) is 15.5. The summed E-state index contributed by atoms with van der Waals surface area (Å²) in [6.45, 7) is 2.63. The smallest absolute Gasteiger partial charge is 0.254 e. The van der Waals surface area contributed by atoms with Gasteiger partial charge in [-0.25, -0.2) is 0 Å². The maximum atomic E-state index is 12.8. The molecule has 1 saturated heterocycles. The number of carbonyl (C=O) groups excluding carboxylic acids is 1. The summed E-state index contributed by atoms with van der Waals surface area (Å²) in [6.07, 6.45) is 7.13. The number of piperidine rings is 1. The van der Waals surface area contributed by atoms with Gasteiger partial charge in [-0.15, -0.1) is 6.42 Å². The van der Waals surface area contributed by atoms with Gasteiger partial charge in [0, 0.05) is 18.7 Å². The third-order valence-electron chi connectivity index (χ3n) is 4.46. The van der Waals surface area contributed by atoms with Crippen LogP contribution in [0.1, 0.15) is 23.2 Å². The number of carbonyl (C=O) groups is 1. The lowest BCUT2D eigenvalue weighted by molar-refractivity contribution is 0.0583. The highest BCUT2D eigenvalue weighted by atomic mass is 16.5. The summed E-state index contributed by atoms with van der Waals surface area (Å²) in [5, 5.41) is 2.13. The summed E-state index contributed by atoms with van der Waals surface area (Å²) in [5.41, 5.74) is 0.796. The third-order valence-corrected chi connectivity index (χ3v) is 4.46. The largest absolute Gasteiger partial charge is 0.369 e. The van der Waals surface area contributed by atoms with Crippen molar-refractivity contribution in [1.82, 2.24) is 4.90 Å². The standard InChI is InChI=1S/C20H21NO2/c1-2-14-23-15-16-10-12-21(13-11-16)20(22)19-9-5-7-17-6-3-4-8-18(17)19/h1,3-9,16H,10-15H2. The topological polar surface area (TPSA) is 29.5 Å². The average Bonchev–Trinajstić information content (AvgIpc) is 2.61. The molecule has 2 aromatic carbocycles. The molecule has 0 aromatic heterocycles. The number of terminal acetylenes is 1. The first-order valence-corrected chi connectivity index (χ1v) is 8.08. The van der Waals surface area contributed by atoms with E-state index < -0.39 is 0 Å². The molecule has 0 aliphatic carbocycles. The molecule has 0 bridgehead atoms. The Hall–Kier alpha value is -2.31. The number of nitrogens with zero attached hydrogens (tertiary/aromatic N) is 1. The van der Waals surface area contributed by atoms with Crippen molar-refractivity contribution in [3.05, 3.63) is 48.0 Å². The Morgan fingerprint density at radius 2 is 1.91 bits per heavy atom. The summed E-state index contributed by atoms with van der Waals surface area (Å²) < 4.78 is 5.42. The van der Waals surface area contributed by atoms with Crippen molar-refractivity contribution in [2.75, 3.05) is 26.3 Å². The fraction of sp³-hybridized carbons (Fsp3) is 0.350. The summed E-state index contributed by atoms with van der Waals surface area (Å²) in [6, 6.07) is 14.0. The van der Waals surface area contributed by atoms with Crippen molar-refractivity contribution in [3.63, 3.8) is 0 Å². The Labute approximate surface area is 137 Å². The number of benzene rings is 2. The zero-order valence-electron chi connectivity index (χ0n) is 13.2. The molecule has 3 rings (SSSR count). The minimum Gasteiger partial charge on any atom is -0.369 e. The molecule has 3 heteroatoms. The minimum absolute atomic E-state index is 0.129. The molecule has 0 radical (unpaired) electrons. The van der Waals surface area contributed by atoms with Crippen LogP contribution in [0.2, 0.25) is 0 Å². The quantitative estimate of drug-likeness (QED) is 0.640. The van der Waals surface area contributed by atoms with Crippen LogP contribution in [-0.4, -0.2) is 37.1 Å². The van der Waals surface area contributed by atoms with Crippen LogP contribution in [0, 0.1) is 18.3 Å².